The molecule has 2 aliphatic rings. The van der Waals surface area contributed by atoms with Crippen molar-refractivity contribution in [2.45, 2.75) is 38.9 Å². The van der Waals surface area contributed by atoms with Crippen LogP contribution in [0.1, 0.15) is 26.7 Å². The number of piperidine rings is 1. The van der Waals surface area contributed by atoms with Gasteiger partial charge in [0.1, 0.15) is 6.10 Å². The average Bonchev–Trinajstić information content (AvgIpc) is 2.46. The van der Waals surface area contributed by atoms with Crippen molar-refractivity contribution in [1.82, 2.24) is 10.2 Å². The maximum Gasteiger partial charge on any atom is 0.253 e. The second-order valence-electron chi connectivity index (χ2n) is 5.82. The van der Waals surface area contributed by atoms with Gasteiger partial charge in [0, 0.05) is 32.8 Å². The molecular weight excluding hydrogens is 244 g/mol. The molecule has 1 N–H and O–H groups in total. The number of morpholine rings is 1. The van der Waals surface area contributed by atoms with Gasteiger partial charge in [0.25, 0.3) is 5.91 Å². The summed E-state index contributed by atoms with van der Waals surface area (Å²) in [7, 11) is 0. The molecule has 0 aromatic rings. The molecule has 2 fully saturated rings. The van der Waals surface area contributed by atoms with Gasteiger partial charge < -0.3 is 19.7 Å². The van der Waals surface area contributed by atoms with Crippen LogP contribution in [0.5, 0.6) is 0 Å². The van der Waals surface area contributed by atoms with E-state index in [1.54, 1.807) is 0 Å². The number of carbonyl (C=O) groups is 1. The van der Waals surface area contributed by atoms with Gasteiger partial charge >= 0.3 is 0 Å². The smallest absolute Gasteiger partial charge is 0.253 e. The number of hydrogen-bond donors (Lipinski definition) is 1. The molecule has 110 valence electrons. The Morgan fingerprint density at radius 1 is 1.42 bits per heavy atom. The highest BCUT2D eigenvalue weighted by Gasteiger charge is 2.30. The molecule has 5 nitrogen and oxygen atoms in total. The van der Waals surface area contributed by atoms with Crippen LogP contribution in [0, 0.1) is 5.92 Å². The second-order valence-corrected chi connectivity index (χ2v) is 5.82. The van der Waals surface area contributed by atoms with Crippen LogP contribution in [-0.2, 0) is 14.3 Å². The zero-order chi connectivity index (χ0) is 13.7. The van der Waals surface area contributed by atoms with Crippen LogP contribution in [0.15, 0.2) is 0 Å². The van der Waals surface area contributed by atoms with Gasteiger partial charge in [-0.15, -0.1) is 0 Å². The maximum atomic E-state index is 12.2. The molecule has 1 atom stereocenters. The molecule has 0 radical (unpaired) electrons. The lowest BCUT2D eigenvalue weighted by atomic mass is 10.1. The van der Waals surface area contributed by atoms with E-state index in [1.807, 2.05) is 4.90 Å². The number of likely N-dealkylation sites (tertiary alicyclic amines) is 1. The lowest BCUT2D eigenvalue weighted by Crippen LogP contribution is -2.51. The van der Waals surface area contributed by atoms with Crippen molar-refractivity contribution >= 4 is 5.91 Å². The minimum absolute atomic E-state index is 0.134. The lowest BCUT2D eigenvalue weighted by Gasteiger charge is -2.35. The highest BCUT2D eigenvalue weighted by atomic mass is 16.5. The van der Waals surface area contributed by atoms with Gasteiger partial charge in [-0.25, -0.2) is 0 Å². The molecule has 2 aliphatic heterocycles. The highest BCUT2D eigenvalue weighted by Crippen LogP contribution is 2.16. The van der Waals surface area contributed by atoms with Crippen molar-refractivity contribution < 1.29 is 14.3 Å². The van der Waals surface area contributed by atoms with Gasteiger partial charge in [0.05, 0.1) is 12.7 Å². The van der Waals surface area contributed by atoms with E-state index < -0.39 is 0 Å². The van der Waals surface area contributed by atoms with Crippen molar-refractivity contribution in [1.29, 1.82) is 0 Å². The maximum absolute atomic E-state index is 12.2. The van der Waals surface area contributed by atoms with Gasteiger partial charge in [-0.3, -0.25) is 4.79 Å². The van der Waals surface area contributed by atoms with E-state index >= 15 is 0 Å². The molecule has 0 bridgehead atoms. The SMILES string of the molecule is CC(C)COC1CCN(C(=O)C2CNCCO2)CC1. The summed E-state index contributed by atoms with van der Waals surface area (Å²) in [6, 6.07) is 0. The van der Waals surface area contributed by atoms with Gasteiger partial charge in [-0.2, -0.15) is 0 Å². The van der Waals surface area contributed by atoms with Gasteiger partial charge in [-0.1, -0.05) is 13.8 Å². The molecule has 0 aliphatic carbocycles. The molecule has 0 aromatic heterocycles. The highest BCUT2D eigenvalue weighted by molar-refractivity contribution is 5.81. The fourth-order valence-electron chi connectivity index (χ4n) is 2.50. The van der Waals surface area contributed by atoms with Crippen LogP contribution in [0.2, 0.25) is 0 Å². The lowest BCUT2D eigenvalue weighted by molar-refractivity contribution is -0.147. The summed E-state index contributed by atoms with van der Waals surface area (Å²) in [6.45, 7) is 8.83. The topological polar surface area (TPSA) is 50.8 Å². The summed E-state index contributed by atoms with van der Waals surface area (Å²) < 4.78 is 11.4. The molecular formula is C14H26N2O3. The van der Waals surface area contributed by atoms with Crippen LogP contribution in [0.25, 0.3) is 0 Å². The van der Waals surface area contributed by atoms with E-state index in [0.29, 0.717) is 25.2 Å². The van der Waals surface area contributed by atoms with Crippen LogP contribution in [0.4, 0.5) is 0 Å². The van der Waals surface area contributed by atoms with Gasteiger partial charge in [0.2, 0.25) is 0 Å². The van der Waals surface area contributed by atoms with Crippen molar-refractivity contribution in [3.05, 3.63) is 0 Å². The van der Waals surface area contributed by atoms with Crippen molar-refractivity contribution in [2.24, 2.45) is 5.92 Å². The number of rotatable bonds is 4. The molecule has 0 aromatic carbocycles. The Kier molecular flexibility index (Phi) is 5.60. The zero-order valence-corrected chi connectivity index (χ0v) is 12.1. The largest absolute Gasteiger partial charge is 0.378 e. The number of amides is 1. The molecule has 19 heavy (non-hydrogen) atoms. The number of nitrogens with one attached hydrogen (secondary N) is 1. The second kappa shape index (κ2) is 7.22. The minimum Gasteiger partial charge on any atom is -0.378 e. The first-order valence-corrected chi connectivity index (χ1v) is 7.39. The summed E-state index contributed by atoms with van der Waals surface area (Å²) in [4.78, 5) is 14.2. The van der Waals surface area contributed by atoms with E-state index in [0.717, 1.165) is 39.1 Å². The molecule has 1 amide bonds. The molecule has 2 rings (SSSR count). The number of nitrogens with zero attached hydrogens (tertiary/aromatic N) is 1. The predicted molar refractivity (Wildman–Crippen MR) is 73.0 cm³/mol. The first-order valence-electron chi connectivity index (χ1n) is 7.39. The van der Waals surface area contributed by atoms with E-state index in [4.69, 9.17) is 9.47 Å². The number of hydrogen-bond acceptors (Lipinski definition) is 4. The van der Waals surface area contributed by atoms with Gasteiger partial charge in [0.15, 0.2) is 0 Å². The Balaban J connectivity index is 1.71. The van der Waals surface area contributed by atoms with Crippen LogP contribution in [0.3, 0.4) is 0 Å². The molecule has 0 saturated carbocycles. The van der Waals surface area contributed by atoms with Crippen LogP contribution in [-0.4, -0.2) is 62.4 Å². The fourth-order valence-corrected chi connectivity index (χ4v) is 2.50. The Morgan fingerprint density at radius 2 is 2.16 bits per heavy atom. The average molecular weight is 270 g/mol. The Bertz CT molecular complexity index is 282. The fraction of sp³-hybridized carbons (Fsp3) is 0.929. The number of carbonyl (C=O) groups excluding carboxylic acids is 1. The Labute approximate surface area is 115 Å². The van der Waals surface area contributed by atoms with Crippen LogP contribution < -0.4 is 5.32 Å². The Hall–Kier alpha value is -0.650. The van der Waals surface area contributed by atoms with E-state index in [9.17, 15) is 4.79 Å². The van der Waals surface area contributed by atoms with E-state index in [2.05, 4.69) is 19.2 Å². The van der Waals surface area contributed by atoms with E-state index in [1.165, 1.54) is 0 Å². The third-order valence-electron chi connectivity index (χ3n) is 3.62. The molecule has 2 heterocycles. The van der Waals surface area contributed by atoms with E-state index in [-0.39, 0.29) is 12.0 Å². The predicted octanol–water partition coefficient (Wildman–Crippen LogP) is 0.638. The third-order valence-corrected chi connectivity index (χ3v) is 3.62. The first-order chi connectivity index (χ1) is 9.16. The quantitative estimate of drug-likeness (QED) is 0.814. The minimum atomic E-state index is -0.290. The first kappa shape index (κ1) is 14.8. The summed E-state index contributed by atoms with van der Waals surface area (Å²) in [5.74, 6) is 0.705. The summed E-state index contributed by atoms with van der Waals surface area (Å²) in [5, 5.41) is 3.20. The molecule has 2 saturated heterocycles. The standard InChI is InChI=1S/C14H26N2O3/c1-11(2)10-19-12-3-6-16(7-4-12)14(17)13-9-15-5-8-18-13/h11-13,15H,3-10H2,1-2H3. The van der Waals surface area contributed by atoms with Gasteiger partial charge in [-0.05, 0) is 18.8 Å². The molecule has 5 heteroatoms. The third kappa shape index (κ3) is 4.44. The van der Waals surface area contributed by atoms with Crippen molar-refractivity contribution in [3.63, 3.8) is 0 Å². The number of ether oxygens (including phenoxy) is 2. The zero-order valence-electron chi connectivity index (χ0n) is 12.1. The summed E-state index contributed by atoms with van der Waals surface area (Å²) >= 11 is 0. The van der Waals surface area contributed by atoms with Crippen LogP contribution >= 0.6 is 0 Å². The van der Waals surface area contributed by atoms with Crippen molar-refractivity contribution in [3.8, 4) is 0 Å². The summed E-state index contributed by atoms with van der Waals surface area (Å²) in [5.41, 5.74) is 0. The van der Waals surface area contributed by atoms with Crippen molar-refractivity contribution in [2.75, 3.05) is 39.4 Å². The molecule has 0 spiro atoms. The Morgan fingerprint density at radius 3 is 2.74 bits per heavy atom. The normalized spacial score (nSPS) is 25.8. The molecule has 1 unspecified atom stereocenters. The summed E-state index contributed by atoms with van der Waals surface area (Å²) in [6.07, 6.45) is 1.91. The monoisotopic (exact) mass is 270 g/mol.